The van der Waals surface area contributed by atoms with Crippen LogP contribution in [0.5, 0.6) is 0 Å². The van der Waals surface area contributed by atoms with Gasteiger partial charge in [-0.25, -0.2) is 0 Å². The number of likely N-dealkylation sites (tertiary alicyclic amines) is 1. The van der Waals surface area contributed by atoms with E-state index in [0.29, 0.717) is 6.54 Å². The first kappa shape index (κ1) is 20.6. The van der Waals surface area contributed by atoms with E-state index in [4.69, 9.17) is 21.3 Å². The zero-order valence-electron chi connectivity index (χ0n) is 16.2. The molecule has 6 heteroatoms. The molecule has 0 radical (unpaired) electrons. The molecule has 0 bridgehead atoms. The van der Waals surface area contributed by atoms with Gasteiger partial charge >= 0.3 is 5.97 Å². The molecule has 0 saturated carbocycles. The summed E-state index contributed by atoms with van der Waals surface area (Å²) in [6.07, 6.45) is 1.60. The molecule has 1 aromatic carbocycles. The molecular formula is C20H30ClN3O2. The minimum atomic E-state index is -0.115. The lowest BCUT2D eigenvalue weighted by Gasteiger charge is -2.34. The van der Waals surface area contributed by atoms with Crippen LogP contribution in [0, 0.1) is 5.92 Å². The van der Waals surface area contributed by atoms with E-state index >= 15 is 0 Å². The Morgan fingerprint density at radius 3 is 2.65 bits per heavy atom. The second-order valence-corrected chi connectivity index (χ2v) is 7.79. The normalized spacial score (nSPS) is 16.5. The van der Waals surface area contributed by atoms with Gasteiger partial charge in [0.05, 0.1) is 19.6 Å². The van der Waals surface area contributed by atoms with Crippen LogP contribution >= 0.6 is 11.6 Å². The maximum atomic E-state index is 11.7. The van der Waals surface area contributed by atoms with Gasteiger partial charge in [0.15, 0.2) is 5.96 Å². The molecule has 0 spiro atoms. The van der Waals surface area contributed by atoms with Crippen molar-refractivity contribution in [2.75, 3.05) is 33.3 Å². The Morgan fingerprint density at radius 2 is 2.08 bits per heavy atom. The van der Waals surface area contributed by atoms with Crippen molar-refractivity contribution >= 4 is 23.5 Å². The highest BCUT2D eigenvalue weighted by Gasteiger charge is 2.27. The van der Waals surface area contributed by atoms with E-state index in [1.165, 1.54) is 12.7 Å². The molecule has 1 fully saturated rings. The average molecular weight is 380 g/mol. The number of rotatable bonds is 5. The number of nitrogens with one attached hydrogen (secondary N) is 1. The monoisotopic (exact) mass is 379 g/mol. The lowest BCUT2D eigenvalue weighted by Crippen LogP contribution is -2.47. The van der Waals surface area contributed by atoms with Crippen LogP contribution in [0.3, 0.4) is 0 Å². The predicted molar refractivity (Wildman–Crippen MR) is 107 cm³/mol. The van der Waals surface area contributed by atoms with Crippen LogP contribution in [0.2, 0.25) is 5.02 Å². The number of guanidine groups is 1. The molecule has 2 rings (SSSR count). The molecule has 1 aliphatic heterocycles. The molecular weight excluding hydrogens is 350 g/mol. The maximum Gasteiger partial charge on any atom is 0.308 e. The van der Waals surface area contributed by atoms with Gasteiger partial charge in [-0.2, -0.15) is 0 Å². The highest BCUT2D eigenvalue weighted by Crippen LogP contribution is 2.26. The Labute approximate surface area is 161 Å². The van der Waals surface area contributed by atoms with Gasteiger partial charge in [0, 0.05) is 30.1 Å². The number of methoxy groups -OCH3 is 1. The first-order valence-corrected chi connectivity index (χ1v) is 9.62. The Hall–Kier alpha value is -1.75. The topological polar surface area (TPSA) is 53.9 Å². The number of hydrogen-bond acceptors (Lipinski definition) is 3. The summed E-state index contributed by atoms with van der Waals surface area (Å²) in [5.41, 5.74) is 1.06. The smallest absolute Gasteiger partial charge is 0.308 e. The fourth-order valence-electron chi connectivity index (χ4n) is 3.19. The van der Waals surface area contributed by atoms with Crippen LogP contribution < -0.4 is 5.32 Å². The van der Waals surface area contributed by atoms with Crippen LogP contribution in [-0.4, -0.2) is 50.1 Å². The third-order valence-electron chi connectivity index (χ3n) is 4.89. The van der Waals surface area contributed by atoms with E-state index in [0.717, 1.165) is 43.5 Å². The minimum absolute atomic E-state index is 0.00188. The van der Waals surface area contributed by atoms with Gasteiger partial charge in [0.2, 0.25) is 0 Å². The molecule has 0 unspecified atom stereocenters. The van der Waals surface area contributed by atoms with Gasteiger partial charge in [-0.15, -0.1) is 0 Å². The van der Waals surface area contributed by atoms with Gasteiger partial charge < -0.3 is 15.0 Å². The maximum absolute atomic E-state index is 11.7. The Kier molecular flexibility index (Phi) is 7.33. The second-order valence-electron chi connectivity index (χ2n) is 7.35. The summed E-state index contributed by atoms with van der Waals surface area (Å²) in [7, 11) is 1.46. The molecule has 1 heterocycles. The number of carbonyl (C=O) groups is 1. The molecule has 0 atom stereocenters. The first-order chi connectivity index (χ1) is 12.4. The van der Waals surface area contributed by atoms with Gasteiger partial charge in [0.1, 0.15) is 0 Å². The number of esters is 1. The predicted octanol–water partition coefficient (Wildman–Crippen LogP) is 3.47. The van der Waals surface area contributed by atoms with Crippen LogP contribution in [0.25, 0.3) is 0 Å². The van der Waals surface area contributed by atoms with Crippen LogP contribution in [-0.2, 0) is 14.9 Å². The minimum Gasteiger partial charge on any atom is -0.469 e. The van der Waals surface area contributed by atoms with Gasteiger partial charge in [-0.3, -0.25) is 9.79 Å². The largest absolute Gasteiger partial charge is 0.469 e. The number of aliphatic imine (C=N–C) groups is 1. The first-order valence-electron chi connectivity index (χ1n) is 9.24. The lowest BCUT2D eigenvalue weighted by molar-refractivity contribution is -0.146. The zero-order chi connectivity index (χ0) is 19.2. The summed E-state index contributed by atoms with van der Waals surface area (Å²) >= 11 is 6.14. The van der Waals surface area contributed by atoms with Crippen LogP contribution in [0.1, 0.15) is 39.2 Å². The number of nitrogens with zero attached hydrogens (tertiary/aromatic N) is 2. The zero-order valence-corrected chi connectivity index (χ0v) is 17.0. The van der Waals surface area contributed by atoms with Crippen LogP contribution in [0.15, 0.2) is 29.3 Å². The second kappa shape index (κ2) is 9.26. The summed E-state index contributed by atoms with van der Waals surface area (Å²) in [4.78, 5) is 18.8. The Bertz CT molecular complexity index is 638. The molecule has 144 valence electrons. The summed E-state index contributed by atoms with van der Waals surface area (Å²) in [6.45, 7) is 9.51. The number of halogens is 1. The van der Waals surface area contributed by atoms with Crippen molar-refractivity contribution in [2.24, 2.45) is 10.9 Å². The van der Waals surface area contributed by atoms with E-state index < -0.39 is 0 Å². The number of hydrogen-bond donors (Lipinski definition) is 1. The third-order valence-corrected chi connectivity index (χ3v) is 5.13. The summed E-state index contributed by atoms with van der Waals surface area (Å²) in [5, 5.41) is 4.13. The Balaban J connectivity index is 2.06. The van der Waals surface area contributed by atoms with Gasteiger partial charge in [-0.05, 0) is 37.5 Å². The molecule has 0 amide bonds. The standard InChI is InChI=1S/C20H30ClN3O2/c1-5-22-19(24-11-9-15(10-12-24)18(25)26-4)23-14-20(2,3)16-7-6-8-17(21)13-16/h6-8,13,15H,5,9-12,14H2,1-4H3,(H,22,23). The Morgan fingerprint density at radius 1 is 1.38 bits per heavy atom. The fraction of sp³-hybridized carbons (Fsp3) is 0.600. The highest BCUT2D eigenvalue weighted by atomic mass is 35.5. The average Bonchev–Trinajstić information content (AvgIpc) is 2.64. The molecule has 0 aromatic heterocycles. The number of carbonyl (C=O) groups excluding carboxylic acids is 1. The molecule has 26 heavy (non-hydrogen) atoms. The van der Waals surface area contributed by atoms with Gasteiger partial charge in [-0.1, -0.05) is 37.6 Å². The lowest BCUT2D eigenvalue weighted by atomic mass is 9.85. The number of ether oxygens (including phenoxy) is 1. The quantitative estimate of drug-likeness (QED) is 0.483. The molecule has 5 nitrogen and oxygen atoms in total. The summed E-state index contributed by atoms with van der Waals surface area (Å²) in [5.74, 6) is 0.807. The van der Waals surface area contributed by atoms with Crippen molar-refractivity contribution in [3.8, 4) is 0 Å². The van der Waals surface area contributed by atoms with Crippen LogP contribution in [0.4, 0.5) is 0 Å². The summed E-state index contributed by atoms with van der Waals surface area (Å²) < 4.78 is 4.87. The molecule has 0 aliphatic carbocycles. The van der Waals surface area contributed by atoms with Crippen molar-refractivity contribution in [1.29, 1.82) is 0 Å². The highest BCUT2D eigenvalue weighted by molar-refractivity contribution is 6.30. The van der Waals surface area contributed by atoms with Crippen molar-refractivity contribution < 1.29 is 9.53 Å². The molecule has 1 N–H and O–H groups in total. The van der Waals surface area contributed by atoms with Crippen molar-refractivity contribution in [3.05, 3.63) is 34.9 Å². The van der Waals surface area contributed by atoms with E-state index in [1.54, 1.807) is 0 Å². The van der Waals surface area contributed by atoms with Crippen molar-refractivity contribution in [2.45, 2.75) is 39.0 Å². The van der Waals surface area contributed by atoms with Crippen molar-refractivity contribution in [3.63, 3.8) is 0 Å². The molecule has 1 saturated heterocycles. The fourth-order valence-corrected chi connectivity index (χ4v) is 3.38. The van der Waals surface area contributed by atoms with E-state index in [-0.39, 0.29) is 17.3 Å². The SMILES string of the molecule is CCNC(=NCC(C)(C)c1cccc(Cl)c1)N1CCC(C(=O)OC)CC1. The number of piperidine rings is 1. The summed E-state index contributed by atoms with van der Waals surface area (Å²) in [6, 6.07) is 7.97. The van der Waals surface area contributed by atoms with E-state index in [2.05, 4.69) is 37.1 Å². The number of benzene rings is 1. The van der Waals surface area contributed by atoms with Crippen molar-refractivity contribution in [1.82, 2.24) is 10.2 Å². The van der Waals surface area contributed by atoms with E-state index in [9.17, 15) is 4.79 Å². The third kappa shape index (κ3) is 5.37. The van der Waals surface area contributed by atoms with E-state index in [1.807, 2.05) is 18.2 Å². The molecule has 1 aliphatic rings. The van der Waals surface area contributed by atoms with Gasteiger partial charge in [0.25, 0.3) is 0 Å². The molecule has 1 aromatic rings.